The number of ether oxygens (including phenoxy) is 1. The van der Waals surface area contributed by atoms with Crippen LogP contribution < -0.4 is 10.3 Å². The van der Waals surface area contributed by atoms with Crippen molar-refractivity contribution in [1.29, 1.82) is 0 Å². The van der Waals surface area contributed by atoms with E-state index >= 15 is 0 Å². The third-order valence-corrected chi connectivity index (χ3v) is 4.15. The second kappa shape index (κ2) is 6.91. The van der Waals surface area contributed by atoms with E-state index in [1.807, 2.05) is 0 Å². The zero-order valence-corrected chi connectivity index (χ0v) is 13.9. The van der Waals surface area contributed by atoms with E-state index in [9.17, 15) is 9.59 Å². The lowest BCUT2D eigenvalue weighted by Gasteiger charge is -2.06. The van der Waals surface area contributed by atoms with Crippen LogP contribution in [0.1, 0.15) is 16.1 Å². The number of hydrogen-bond donors (Lipinski definition) is 1. The number of ketones is 1. The molecule has 0 aliphatic rings. The maximum atomic E-state index is 12.1. The normalized spacial score (nSPS) is 10.4. The molecule has 0 saturated carbocycles. The molecule has 0 amide bonds. The SMILES string of the molecule is COc1ccc(C(=O)CSc2nc(C)cc(=O)[nH]2)cc1Br. The molecule has 2 rings (SSSR count). The Morgan fingerprint density at radius 3 is 2.81 bits per heavy atom. The van der Waals surface area contributed by atoms with E-state index in [4.69, 9.17) is 4.74 Å². The fourth-order valence-electron chi connectivity index (χ4n) is 1.68. The van der Waals surface area contributed by atoms with Crippen LogP contribution in [0.4, 0.5) is 0 Å². The first-order valence-electron chi connectivity index (χ1n) is 6.07. The molecule has 21 heavy (non-hydrogen) atoms. The van der Waals surface area contributed by atoms with Crippen molar-refractivity contribution in [3.05, 3.63) is 50.3 Å². The molecule has 0 aliphatic heterocycles. The van der Waals surface area contributed by atoms with Crippen LogP contribution >= 0.6 is 27.7 Å². The van der Waals surface area contributed by atoms with Gasteiger partial charge in [-0.05, 0) is 41.1 Å². The molecule has 1 aromatic heterocycles. The van der Waals surface area contributed by atoms with Crippen LogP contribution in [-0.4, -0.2) is 28.6 Å². The van der Waals surface area contributed by atoms with Gasteiger partial charge in [-0.3, -0.25) is 9.59 Å². The van der Waals surface area contributed by atoms with E-state index in [0.717, 1.165) is 4.47 Å². The zero-order chi connectivity index (χ0) is 15.4. The van der Waals surface area contributed by atoms with Crippen molar-refractivity contribution < 1.29 is 9.53 Å². The molecule has 0 spiro atoms. The summed E-state index contributed by atoms with van der Waals surface area (Å²) >= 11 is 4.55. The van der Waals surface area contributed by atoms with Gasteiger partial charge in [0.15, 0.2) is 10.9 Å². The third kappa shape index (κ3) is 4.18. The van der Waals surface area contributed by atoms with Crippen LogP contribution in [0.2, 0.25) is 0 Å². The van der Waals surface area contributed by atoms with Gasteiger partial charge in [0, 0.05) is 17.3 Å². The molecule has 110 valence electrons. The van der Waals surface area contributed by atoms with Gasteiger partial charge in [-0.2, -0.15) is 0 Å². The highest BCUT2D eigenvalue weighted by molar-refractivity contribution is 9.10. The van der Waals surface area contributed by atoms with Crippen molar-refractivity contribution in [2.24, 2.45) is 0 Å². The minimum absolute atomic E-state index is 0.0486. The molecule has 0 bridgehead atoms. The molecule has 7 heteroatoms. The Bertz CT molecular complexity index is 730. The molecule has 1 aromatic carbocycles. The quantitative estimate of drug-likeness (QED) is 0.499. The van der Waals surface area contributed by atoms with Gasteiger partial charge in [0.05, 0.1) is 17.3 Å². The summed E-state index contributed by atoms with van der Waals surface area (Å²) in [5.41, 5.74) is 0.982. The summed E-state index contributed by atoms with van der Waals surface area (Å²) in [6.07, 6.45) is 0. The van der Waals surface area contributed by atoms with E-state index in [1.165, 1.54) is 17.8 Å². The van der Waals surface area contributed by atoms with Crippen LogP contribution in [0.25, 0.3) is 0 Å². The Morgan fingerprint density at radius 1 is 1.43 bits per heavy atom. The predicted molar refractivity (Wildman–Crippen MR) is 85.3 cm³/mol. The molecule has 0 radical (unpaired) electrons. The van der Waals surface area contributed by atoms with Crippen molar-refractivity contribution in [3.63, 3.8) is 0 Å². The first kappa shape index (κ1) is 15.8. The number of methoxy groups -OCH3 is 1. The molecule has 1 heterocycles. The van der Waals surface area contributed by atoms with Crippen LogP contribution in [0.15, 0.2) is 38.7 Å². The number of H-pyrrole nitrogens is 1. The lowest BCUT2D eigenvalue weighted by Crippen LogP contribution is -2.10. The van der Waals surface area contributed by atoms with Crippen molar-refractivity contribution in [2.75, 3.05) is 12.9 Å². The number of aromatic nitrogens is 2. The fraction of sp³-hybridized carbons (Fsp3) is 0.214. The molecular formula is C14H13BrN2O3S. The summed E-state index contributed by atoms with van der Waals surface area (Å²) in [6, 6.07) is 6.56. The summed E-state index contributed by atoms with van der Waals surface area (Å²) < 4.78 is 5.85. The predicted octanol–water partition coefficient (Wildman–Crippen LogP) is 2.82. The summed E-state index contributed by atoms with van der Waals surface area (Å²) in [5, 5.41) is 0.445. The number of carbonyl (C=O) groups excluding carboxylic acids is 1. The summed E-state index contributed by atoms with van der Waals surface area (Å²) in [7, 11) is 1.57. The number of hydrogen-bond acceptors (Lipinski definition) is 5. The Kier molecular flexibility index (Phi) is 5.19. The summed E-state index contributed by atoms with van der Waals surface area (Å²) in [6.45, 7) is 1.74. The Hall–Kier alpha value is -1.60. The van der Waals surface area contributed by atoms with Gasteiger partial charge < -0.3 is 9.72 Å². The minimum atomic E-state index is -0.218. The lowest BCUT2D eigenvalue weighted by molar-refractivity contribution is 0.102. The number of aryl methyl sites for hydroxylation is 1. The number of carbonyl (C=O) groups is 1. The van der Waals surface area contributed by atoms with Crippen LogP contribution in [0, 0.1) is 6.92 Å². The number of benzene rings is 1. The van der Waals surface area contributed by atoms with E-state index in [0.29, 0.717) is 22.2 Å². The third-order valence-electron chi connectivity index (χ3n) is 2.66. The second-order valence-corrected chi connectivity index (χ2v) is 6.07. The first-order chi connectivity index (χ1) is 9.99. The Labute approximate surface area is 134 Å². The standard InChI is InChI=1S/C14H13BrN2O3S/c1-8-5-13(19)17-14(16-8)21-7-11(18)9-3-4-12(20-2)10(15)6-9/h3-6H,7H2,1-2H3,(H,16,17,19). The van der Waals surface area contributed by atoms with Crippen molar-refractivity contribution in [3.8, 4) is 5.75 Å². The van der Waals surface area contributed by atoms with Crippen LogP contribution in [-0.2, 0) is 0 Å². The summed E-state index contributed by atoms with van der Waals surface area (Å²) in [4.78, 5) is 30.2. The molecular weight excluding hydrogens is 356 g/mol. The monoisotopic (exact) mass is 368 g/mol. The van der Waals surface area contributed by atoms with E-state index < -0.39 is 0 Å². The highest BCUT2D eigenvalue weighted by atomic mass is 79.9. The smallest absolute Gasteiger partial charge is 0.251 e. The number of nitrogens with one attached hydrogen (secondary N) is 1. The fourth-order valence-corrected chi connectivity index (χ4v) is 3.03. The van der Waals surface area contributed by atoms with Gasteiger partial charge in [-0.15, -0.1) is 0 Å². The van der Waals surface area contributed by atoms with Gasteiger partial charge in [-0.1, -0.05) is 11.8 Å². The molecule has 0 aliphatic carbocycles. The maximum absolute atomic E-state index is 12.1. The molecule has 0 fully saturated rings. The highest BCUT2D eigenvalue weighted by Crippen LogP contribution is 2.26. The van der Waals surface area contributed by atoms with Gasteiger partial charge in [0.25, 0.3) is 5.56 Å². The maximum Gasteiger partial charge on any atom is 0.251 e. The van der Waals surface area contributed by atoms with Gasteiger partial charge >= 0.3 is 0 Å². The number of aromatic amines is 1. The molecule has 0 atom stereocenters. The highest BCUT2D eigenvalue weighted by Gasteiger charge is 2.10. The number of nitrogens with zero attached hydrogens (tertiary/aromatic N) is 1. The number of thioether (sulfide) groups is 1. The Morgan fingerprint density at radius 2 is 2.19 bits per heavy atom. The minimum Gasteiger partial charge on any atom is -0.496 e. The largest absolute Gasteiger partial charge is 0.496 e. The van der Waals surface area contributed by atoms with Gasteiger partial charge in [-0.25, -0.2) is 4.98 Å². The molecule has 0 unspecified atom stereocenters. The first-order valence-corrected chi connectivity index (χ1v) is 7.85. The van der Waals surface area contributed by atoms with Crippen molar-refractivity contribution in [2.45, 2.75) is 12.1 Å². The van der Waals surface area contributed by atoms with Crippen LogP contribution in [0.5, 0.6) is 5.75 Å². The molecule has 5 nitrogen and oxygen atoms in total. The number of rotatable bonds is 5. The average Bonchev–Trinajstić information content (AvgIpc) is 2.43. The topological polar surface area (TPSA) is 72.0 Å². The summed E-state index contributed by atoms with van der Waals surface area (Å²) in [5.74, 6) is 0.821. The van der Waals surface area contributed by atoms with Crippen LogP contribution in [0.3, 0.4) is 0 Å². The average molecular weight is 369 g/mol. The second-order valence-electron chi connectivity index (χ2n) is 4.25. The lowest BCUT2D eigenvalue weighted by atomic mass is 10.1. The van der Waals surface area contributed by atoms with Gasteiger partial charge in [0.1, 0.15) is 5.75 Å². The Balaban J connectivity index is 2.08. The molecule has 0 saturated heterocycles. The molecule has 2 aromatic rings. The molecule has 1 N–H and O–H groups in total. The zero-order valence-electron chi connectivity index (χ0n) is 11.5. The number of Topliss-reactive ketones (excluding diaryl/α,β-unsaturated/α-hetero) is 1. The number of halogens is 1. The van der Waals surface area contributed by atoms with Crippen molar-refractivity contribution in [1.82, 2.24) is 9.97 Å². The van der Waals surface area contributed by atoms with Crippen molar-refractivity contribution >= 4 is 33.5 Å². The van der Waals surface area contributed by atoms with Gasteiger partial charge in [0.2, 0.25) is 0 Å². The van der Waals surface area contributed by atoms with E-state index in [1.54, 1.807) is 32.2 Å². The van der Waals surface area contributed by atoms with E-state index in [-0.39, 0.29) is 17.1 Å². The van der Waals surface area contributed by atoms with E-state index in [2.05, 4.69) is 25.9 Å².